The second-order valence-electron chi connectivity index (χ2n) is 2.36. The maximum absolute atomic E-state index is 8.98. The molecule has 0 atom stereocenters. The lowest BCUT2D eigenvalue weighted by molar-refractivity contribution is 0.140. The van der Waals surface area contributed by atoms with Crippen LogP contribution in [0.2, 0.25) is 0 Å². The molecule has 0 spiro atoms. The van der Waals surface area contributed by atoms with E-state index in [9.17, 15) is 0 Å². The third kappa shape index (κ3) is 0.542. The van der Waals surface area contributed by atoms with Crippen molar-refractivity contribution in [3.8, 4) is 0 Å². The summed E-state index contributed by atoms with van der Waals surface area (Å²) in [5.41, 5.74) is 2.20. The molecule has 0 saturated heterocycles. The van der Waals surface area contributed by atoms with Gasteiger partial charge in [0, 0.05) is 0 Å². The first kappa shape index (κ1) is 4.85. The number of nitrogens with zero attached hydrogens (tertiary/aromatic N) is 2. The fraction of sp³-hybridized carbons (Fsp3) is 0.500. The summed E-state index contributed by atoms with van der Waals surface area (Å²) in [5.74, 6) is 0. The minimum atomic E-state index is 0.978. The largest absolute Gasteiger partial charge is 0.411 e. The Morgan fingerprint density at radius 3 is 3.22 bits per heavy atom. The highest BCUT2D eigenvalue weighted by molar-refractivity contribution is 5.21. The second-order valence-corrected chi connectivity index (χ2v) is 2.36. The predicted molar refractivity (Wildman–Crippen MR) is 31.4 cm³/mol. The van der Waals surface area contributed by atoms with Crippen LogP contribution in [0.4, 0.5) is 0 Å². The average Bonchev–Trinajstić information content (AvgIpc) is 2.35. The zero-order valence-electron chi connectivity index (χ0n) is 5.04. The van der Waals surface area contributed by atoms with Crippen molar-refractivity contribution in [3.05, 3.63) is 17.5 Å². The highest BCUT2D eigenvalue weighted by atomic mass is 16.5. The smallest absolute Gasteiger partial charge is 0.0830 e. The molecule has 1 aliphatic carbocycles. The van der Waals surface area contributed by atoms with E-state index in [1.54, 1.807) is 6.20 Å². The van der Waals surface area contributed by atoms with Crippen molar-refractivity contribution in [2.45, 2.75) is 19.3 Å². The molecule has 3 heteroatoms. The molecule has 0 aliphatic heterocycles. The van der Waals surface area contributed by atoms with Crippen LogP contribution < -0.4 is 0 Å². The highest BCUT2D eigenvalue weighted by Crippen LogP contribution is 2.19. The molecule has 1 aromatic rings. The van der Waals surface area contributed by atoms with Crippen molar-refractivity contribution in [2.24, 2.45) is 0 Å². The van der Waals surface area contributed by atoms with Crippen LogP contribution in [-0.2, 0) is 12.8 Å². The van der Waals surface area contributed by atoms with Gasteiger partial charge in [0.15, 0.2) is 0 Å². The molecule has 2 rings (SSSR count). The molecule has 0 amide bonds. The maximum atomic E-state index is 8.98. The van der Waals surface area contributed by atoms with E-state index in [-0.39, 0.29) is 0 Å². The summed E-state index contributed by atoms with van der Waals surface area (Å²) in [5, 5.41) is 12.7. The van der Waals surface area contributed by atoms with Gasteiger partial charge in [-0.25, -0.2) is 0 Å². The molecule has 0 unspecified atom stereocenters. The summed E-state index contributed by atoms with van der Waals surface area (Å²) in [6.45, 7) is 0. The van der Waals surface area contributed by atoms with Crippen molar-refractivity contribution in [2.75, 3.05) is 0 Å². The van der Waals surface area contributed by atoms with Crippen LogP contribution in [0.3, 0.4) is 0 Å². The Kier molecular flexibility index (Phi) is 0.806. The van der Waals surface area contributed by atoms with E-state index in [4.69, 9.17) is 5.21 Å². The van der Waals surface area contributed by atoms with Crippen molar-refractivity contribution in [1.29, 1.82) is 0 Å². The van der Waals surface area contributed by atoms with Gasteiger partial charge in [0.25, 0.3) is 0 Å². The minimum Gasteiger partial charge on any atom is -0.411 e. The normalized spacial score (nSPS) is 16.0. The Morgan fingerprint density at radius 1 is 1.56 bits per heavy atom. The lowest BCUT2D eigenvalue weighted by atomic mass is 10.3. The zero-order valence-corrected chi connectivity index (χ0v) is 5.04. The second kappa shape index (κ2) is 1.50. The van der Waals surface area contributed by atoms with E-state index in [0.717, 1.165) is 29.8 Å². The number of fused-ring (bicyclic) bond motifs is 1. The first-order valence-corrected chi connectivity index (χ1v) is 3.13. The Bertz CT molecular complexity index is 229. The fourth-order valence-corrected chi connectivity index (χ4v) is 1.31. The van der Waals surface area contributed by atoms with E-state index in [1.165, 1.54) is 5.56 Å². The third-order valence-electron chi connectivity index (χ3n) is 1.79. The summed E-state index contributed by atoms with van der Waals surface area (Å²) in [6.07, 6.45) is 4.96. The molecule has 48 valence electrons. The SMILES string of the molecule is On1ncc2c1CCC2. The summed E-state index contributed by atoms with van der Waals surface area (Å²) in [6, 6.07) is 0. The molecule has 0 fully saturated rings. The summed E-state index contributed by atoms with van der Waals surface area (Å²) < 4.78 is 0. The predicted octanol–water partition coefficient (Wildman–Crippen LogP) is 0.609. The van der Waals surface area contributed by atoms with E-state index >= 15 is 0 Å². The monoisotopic (exact) mass is 124 g/mol. The topological polar surface area (TPSA) is 38.0 Å². The van der Waals surface area contributed by atoms with Crippen LogP contribution in [0.5, 0.6) is 0 Å². The van der Waals surface area contributed by atoms with Gasteiger partial charge in [0.05, 0.1) is 11.9 Å². The average molecular weight is 124 g/mol. The van der Waals surface area contributed by atoms with E-state index in [1.807, 2.05) is 0 Å². The van der Waals surface area contributed by atoms with Gasteiger partial charge in [-0.15, -0.1) is 9.94 Å². The molecule has 0 bridgehead atoms. The lowest BCUT2D eigenvalue weighted by Gasteiger charge is -1.90. The number of aryl methyl sites for hydroxylation is 1. The summed E-state index contributed by atoms with van der Waals surface area (Å²) >= 11 is 0. The van der Waals surface area contributed by atoms with Crippen molar-refractivity contribution < 1.29 is 5.21 Å². The molecule has 1 N–H and O–H groups in total. The van der Waals surface area contributed by atoms with Crippen LogP contribution in [0.1, 0.15) is 17.7 Å². The van der Waals surface area contributed by atoms with Gasteiger partial charge in [0.1, 0.15) is 0 Å². The van der Waals surface area contributed by atoms with Crippen LogP contribution >= 0.6 is 0 Å². The van der Waals surface area contributed by atoms with Crippen LogP contribution in [-0.4, -0.2) is 15.2 Å². The number of hydrogen-bond donors (Lipinski definition) is 1. The third-order valence-corrected chi connectivity index (χ3v) is 1.79. The molecule has 0 radical (unpaired) electrons. The van der Waals surface area contributed by atoms with Gasteiger partial charge in [-0.3, -0.25) is 0 Å². The standard InChI is InChI=1S/C6H8N2O/c9-8-6-3-1-2-5(6)4-7-8/h4,9H,1-3H2. The Labute approximate surface area is 52.9 Å². The van der Waals surface area contributed by atoms with Gasteiger partial charge in [0.2, 0.25) is 0 Å². The molecule has 9 heavy (non-hydrogen) atoms. The molecule has 0 saturated carbocycles. The molecular weight excluding hydrogens is 116 g/mol. The molecule has 0 aromatic carbocycles. The van der Waals surface area contributed by atoms with Gasteiger partial charge in [-0.1, -0.05) is 0 Å². The van der Waals surface area contributed by atoms with Gasteiger partial charge >= 0.3 is 0 Å². The number of aromatic nitrogens is 2. The van der Waals surface area contributed by atoms with Crippen LogP contribution in [0.25, 0.3) is 0 Å². The lowest BCUT2D eigenvalue weighted by Crippen LogP contribution is -1.96. The Hall–Kier alpha value is -0.990. The van der Waals surface area contributed by atoms with E-state index in [0.29, 0.717) is 0 Å². The summed E-state index contributed by atoms with van der Waals surface area (Å²) in [4.78, 5) is 0.988. The van der Waals surface area contributed by atoms with Crippen molar-refractivity contribution >= 4 is 0 Å². The first-order chi connectivity index (χ1) is 4.38. The number of rotatable bonds is 0. The molecule has 1 aliphatic rings. The highest BCUT2D eigenvalue weighted by Gasteiger charge is 2.15. The first-order valence-electron chi connectivity index (χ1n) is 3.13. The maximum Gasteiger partial charge on any atom is 0.0830 e. The van der Waals surface area contributed by atoms with Gasteiger partial charge < -0.3 is 5.21 Å². The fourth-order valence-electron chi connectivity index (χ4n) is 1.31. The molecular formula is C6H8N2O. The van der Waals surface area contributed by atoms with Crippen LogP contribution in [0.15, 0.2) is 6.20 Å². The minimum absolute atomic E-state index is 0.978. The quantitative estimate of drug-likeness (QED) is 0.514. The Balaban J connectivity index is 2.56. The molecule has 1 heterocycles. The van der Waals surface area contributed by atoms with Gasteiger partial charge in [-0.2, -0.15) is 0 Å². The Morgan fingerprint density at radius 2 is 2.44 bits per heavy atom. The van der Waals surface area contributed by atoms with Crippen molar-refractivity contribution in [3.63, 3.8) is 0 Å². The summed E-state index contributed by atoms with van der Waals surface area (Å²) in [7, 11) is 0. The zero-order chi connectivity index (χ0) is 6.27. The van der Waals surface area contributed by atoms with Crippen LogP contribution in [0, 0.1) is 0 Å². The van der Waals surface area contributed by atoms with E-state index in [2.05, 4.69) is 5.10 Å². The van der Waals surface area contributed by atoms with Gasteiger partial charge in [-0.05, 0) is 24.8 Å². The number of hydrogen-bond acceptors (Lipinski definition) is 2. The molecule has 1 aromatic heterocycles. The molecule has 3 nitrogen and oxygen atoms in total. The van der Waals surface area contributed by atoms with Crippen molar-refractivity contribution in [1.82, 2.24) is 9.94 Å². The van der Waals surface area contributed by atoms with E-state index < -0.39 is 0 Å².